The minimum atomic E-state index is -4.60. The maximum absolute atomic E-state index is 14.4. The predicted octanol–water partition coefficient (Wildman–Crippen LogP) is 6.67. The molecule has 2 aromatic carbocycles. The Hall–Kier alpha value is -2.72. The molecule has 1 aliphatic rings. The number of carboxylic acid groups (broad SMARTS) is 1. The fraction of sp³-hybridized carbons (Fsp3) is 0.292. The van der Waals surface area contributed by atoms with Gasteiger partial charge in [0.05, 0.1) is 10.5 Å². The Kier molecular flexibility index (Phi) is 8.14. The van der Waals surface area contributed by atoms with Crippen LogP contribution in [0.1, 0.15) is 42.4 Å². The van der Waals surface area contributed by atoms with Gasteiger partial charge >= 0.3 is 12.1 Å². The van der Waals surface area contributed by atoms with Gasteiger partial charge in [-0.3, -0.25) is 14.5 Å². The van der Waals surface area contributed by atoms with E-state index in [4.69, 9.17) is 17.3 Å². The van der Waals surface area contributed by atoms with Crippen molar-refractivity contribution in [1.82, 2.24) is 4.90 Å². The molecule has 1 aliphatic heterocycles. The van der Waals surface area contributed by atoms with Crippen LogP contribution in [0.3, 0.4) is 0 Å². The quantitative estimate of drug-likeness (QED) is 0.186. The van der Waals surface area contributed by atoms with E-state index in [1.54, 1.807) is 25.1 Å². The molecule has 10 heteroatoms. The van der Waals surface area contributed by atoms with E-state index in [2.05, 4.69) is 0 Å². The number of carbonyl (C=O) groups is 2. The molecule has 0 saturated carbocycles. The first kappa shape index (κ1) is 25.9. The van der Waals surface area contributed by atoms with Crippen LogP contribution >= 0.6 is 24.0 Å². The third kappa shape index (κ3) is 6.04. The third-order valence-corrected chi connectivity index (χ3v) is 6.77. The number of benzene rings is 2. The number of hydrogen-bond acceptors (Lipinski definition) is 4. The monoisotopic (exact) mass is 511 g/mol. The van der Waals surface area contributed by atoms with Crippen molar-refractivity contribution in [3.8, 4) is 11.1 Å². The molecule has 1 amide bonds. The second-order valence-corrected chi connectivity index (χ2v) is 9.43. The molecule has 0 atom stereocenters. The molecule has 0 aliphatic carbocycles. The molecule has 1 fully saturated rings. The lowest BCUT2D eigenvalue weighted by molar-refractivity contribution is -0.138. The Morgan fingerprint density at radius 2 is 1.88 bits per heavy atom. The number of carboxylic acids is 1. The summed E-state index contributed by atoms with van der Waals surface area (Å²) in [5, 5.41) is 8.70. The van der Waals surface area contributed by atoms with Crippen molar-refractivity contribution < 1.29 is 32.3 Å². The van der Waals surface area contributed by atoms with Gasteiger partial charge in [0, 0.05) is 18.5 Å². The summed E-state index contributed by atoms with van der Waals surface area (Å²) in [5.74, 6) is -1.93. The zero-order valence-electron chi connectivity index (χ0n) is 18.1. The second kappa shape index (κ2) is 10.7. The third-order valence-electron chi connectivity index (χ3n) is 5.39. The maximum atomic E-state index is 14.4. The minimum Gasteiger partial charge on any atom is -0.481 e. The summed E-state index contributed by atoms with van der Waals surface area (Å²) in [4.78, 5) is 25.2. The number of amides is 1. The van der Waals surface area contributed by atoms with Gasteiger partial charge in [0.15, 0.2) is 0 Å². The summed E-state index contributed by atoms with van der Waals surface area (Å²) >= 11 is 6.43. The fourth-order valence-corrected chi connectivity index (χ4v) is 4.87. The molecule has 0 aromatic heterocycles. The Balaban J connectivity index is 1.83. The van der Waals surface area contributed by atoms with Crippen molar-refractivity contribution in [2.75, 3.05) is 6.54 Å². The van der Waals surface area contributed by atoms with E-state index < -0.39 is 23.5 Å². The number of nitrogens with zero attached hydrogens (tertiary/aromatic N) is 1. The average molecular weight is 512 g/mol. The maximum Gasteiger partial charge on any atom is 0.416 e. The number of thiocarbonyl (C=S) groups is 1. The van der Waals surface area contributed by atoms with Gasteiger partial charge in [-0.25, -0.2) is 4.39 Å². The minimum absolute atomic E-state index is 0.0698. The number of unbranched alkanes of at least 4 members (excludes halogenated alkanes) is 2. The molecule has 0 unspecified atom stereocenters. The van der Waals surface area contributed by atoms with Crippen molar-refractivity contribution in [3.63, 3.8) is 0 Å². The van der Waals surface area contributed by atoms with Gasteiger partial charge in [-0.15, -0.1) is 0 Å². The molecule has 2 aromatic rings. The zero-order valence-corrected chi connectivity index (χ0v) is 19.7. The van der Waals surface area contributed by atoms with Crippen molar-refractivity contribution >= 4 is 46.3 Å². The largest absolute Gasteiger partial charge is 0.481 e. The number of carbonyl (C=O) groups excluding carboxylic acids is 1. The molecule has 0 bridgehead atoms. The van der Waals surface area contributed by atoms with Crippen molar-refractivity contribution in [2.45, 2.75) is 38.8 Å². The molecule has 0 spiro atoms. The molecular weight excluding hydrogens is 490 g/mol. The first-order valence-corrected chi connectivity index (χ1v) is 11.7. The van der Waals surface area contributed by atoms with Crippen LogP contribution in [0.4, 0.5) is 17.6 Å². The summed E-state index contributed by atoms with van der Waals surface area (Å²) in [7, 11) is 0. The highest BCUT2D eigenvalue weighted by Gasteiger charge is 2.32. The predicted molar refractivity (Wildman–Crippen MR) is 128 cm³/mol. The van der Waals surface area contributed by atoms with Crippen LogP contribution in [-0.2, 0) is 15.8 Å². The molecule has 34 heavy (non-hydrogen) atoms. The van der Waals surface area contributed by atoms with Crippen LogP contribution in [-0.4, -0.2) is 32.7 Å². The smallest absolute Gasteiger partial charge is 0.416 e. The second-order valence-electron chi connectivity index (χ2n) is 7.75. The average Bonchev–Trinajstić information content (AvgIpc) is 3.01. The van der Waals surface area contributed by atoms with E-state index in [1.165, 1.54) is 11.0 Å². The van der Waals surface area contributed by atoms with Crippen molar-refractivity contribution in [1.29, 1.82) is 0 Å². The molecule has 0 radical (unpaired) electrons. The van der Waals surface area contributed by atoms with E-state index in [-0.39, 0.29) is 17.9 Å². The topological polar surface area (TPSA) is 57.6 Å². The number of hydrogen-bond donors (Lipinski definition) is 1. The summed E-state index contributed by atoms with van der Waals surface area (Å²) in [6.45, 7) is 2.03. The SMILES string of the molecule is Cc1c(/C=C2\SC(=S)N(CCCCCC(=O)O)C2=O)cccc1-c1cc(C(F)(F)F)ccc1F. The van der Waals surface area contributed by atoms with Gasteiger partial charge in [-0.05, 0) is 60.7 Å². The van der Waals surface area contributed by atoms with Crippen LogP contribution in [0.25, 0.3) is 17.2 Å². The molecule has 1 heterocycles. The Labute approximate surface area is 203 Å². The normalized spacial score (nSPS) is 15.4. The molecule has 3 rings (SSSR count). The van der Waals surface area contributed by atoms with E-state index in [9.17, 15) is 27.2 Å². The van der Waals surface area contributed by atoms with Gasteiger partial charge in [0.25, 0.3) is 5.91 Å². The van der Waals surface area contributed by atoms with Crippen LogP contribution < -0.4 is 0 Å². The van der Waals surface area contributed by atoms with Gasteiger partial charge in [-0.1, -0.05) is 48.6 Å². The van der Waals surface area contributed by atoms with Crippen molar-refractivity contribution in [2.24, 2.45) is 0 Å². The number of halogens is 4. The number of aliphatic carboxylic acids is 1. The summed E-state index contributed by atoms with van der Waals surface area (Å²) < 4.78 is 54.2. The lowest BCUT2D eigenvalue weighted by Gasteiger charge is -2.14. The summed E-state index contributed by atoms with van der Waals surface area (Å²) in [6.07, 6.45) is -1.16. The Bertz CT molecular complexity index is 1160. The van der Waals surface area contributed by atoms with Crippen LogP contribution in [0, 0.1) is 12.7 Å². The lowest BCUT2D eigenvalue weighted by Crippen LogP contribution is -2.29. The first-order chi connectivity index (χ1) is 16.0. The van der Waals surface area contributed by atoms with Crippen molar-refractivity contribution in [3.05, 3.63) is 63.8 Å². The highest BCUT2D eigenvalue weighted by atomic mass is 32.2. The molecule has 1 N–H and O–H groups in total. The van der Waals surface area contributed by atoms with Crippen LogP contribution in [0.2, 0.25) is 0 Å². The Morgan fingerprint density at radius 3 is 2.56 bits per heavy atom. The zero-order chi connectivity index (χ0) is 25.0. The van der Waals surface area contributed by atoms with E-state index in [0.29, 0.717) is 57.8 Å². The van der Waals surface area contributed by atoms with E-state index in [0.717, 1.165) is 23.9 Å². The number of thioether (sulfide) groups is 1. The van der Waals surface area contributed by atoms with Crippen LogP contribution in [0.15, 0.2) is 41.3 Å². The molecule has 1 saturated heterocycles. The number of alkyl halides is 3. The lowest BCUT2D eigenvalue weighted by atomic mass is 9.94. The van der Waals surface area contributed by atoms with Crippen LogP contribution in [0.5, 0.6) is 0 Å². The standard InChI is InChI=1S/C24H21F4NO3S2/c1-14-15(6-5-7-17(14)18-13-16(24(26,27)28)9-10-19(18)25)12-20-22(32)29(23(33)34-20)11-4-2-3-8-21(30)31/h5-7,9-10,12-13H,2-4,8,11H2,1H3,(H,30,31)/b20-12-. The van der Waals surface area contributed by atoms with Gasteiger partial charge in [0.2, 0.25) is 0 Å². The molecular formula is C24H21F4NO3S2. The summed E-state index contributed by atoms with van der Waals surface area (Å²) in [5.41, 5.74) is 0.275. The Morgan fingerprint density at radius 1 is 1.15 bits per heavy atom. The van der Waals surface area contributed by atoms with Gasteiger partial charge in [-0.2, -0.15) is 13.2 Å². The highest BCUT2D eigenvalue weighted by Crippen LogP contribution is 2.37. The fourth-order valence-electron chi connectivity index (χ4n) is 3.57. The summed E-state index contributed by atoms with van der Waals surface area (Å²) in [6, 6.07) is 7.11. The first-order valence-electron chi connectivity index (χ1n) is 10.4. The molecule has 180 valence electrons. The van der Waals surface area contributed by atoms with Gasteiger partial charge in [0.1, 0.15) is 10.1 Å². The van der Waals surface area contributed by atoms with Gasteiger partial charge < -0.3 is 5.11 Å². The van der Waals surface area contributed by atoms with E-state index >= 15 is 0 Å². The molecule has 4 nitrogen and oxygen atoms in total. The highest BCUT2D eigenvalue weighted by molar-refractivity contribution is 8.26. The van der Waals surface area contributed by atoms with E-state index in [1.807, 2.05) is 0 Å². The number of rotatable bonds is 8.